The van der Waals surface area contributed by atoms with Gasteiger partial charge in [-0.3, -0.25) is 0 Å². The van der Waals surface area contributed by atoms with Crippen LogP contribution in [0.5, 0.6) is 0 Å². The van der Waals surface area contributed by atoms with E-state index in [1.807, 2.05) is 0 Å². The van der Waals surface area contributed by atoms with Gasteiger partial charge < -0.3 is 0 Å². The molecule has 0 saturated heterocycles. The van der Waals surface area contributed by atoms with E-state index in [9.17, 15) is 0 Å². The molecule has 0 saturated carbocycles. The van der Waals surface area contributed by atoms with E-state index in [0.717, 1.165) is 16.1 Å². The standard InChI is InChI=1S/C18H23B10Cl/c19-8-6(9(20)13(24)16(27)12(8)23)4-2-1-3-5(18(4)29)7-10(21)14(25)17(28)15(26)11(7)22/h1-3H,19-28H2. The summed E-state index contributed by atoms with van der Waals surface area (Å²) in [6.45, 7) is 0. The fourth-order valence-electron chi connectivity index (χ4n) is 4.73. The molecule has 0 aromatic heterocycles. The summed E-state index contributed by atoms with van der Waals surface area (Å²) >= 11 is 7.15. The van der Waals surface area contributed by atoms with Crippen LogP contribution in [0.3, 0.4) is 0 Å². The molecule has 0 aliphatic carbocycles. The first-order chi connectivity index (χ1) is 13.5. The van der Waals surface area contributed by atoms with Gasteiger partial charge in [0.05, 0.1) is 5.02 Å². The molecule has 0 nitrogen and oxygen atoms in total. The maximum atomic E-state index is 7.15. The van der Waals surface area contributed by atoms with Gasteiger partial charge in [-0.15, -0.1) is 32.8 Å². The lowest BCUT2D eigenvalue weighted by atomic mass is 9.59. The van der Waals surface area contributed by atoms with Crippen LogP contribution in [0.4, 0.5) is 0 Å². The van der Waals surface area contributed by atoms with Crippen molar-refractivity contribution in [2.45, 2.75) is 0 Å². The Kier molecular flexibility index (Phi) is 6.17. The minimum absolute atomic E-state index is 0.857. The Balaban J connectivity index is 2.40. The highest BCUT2D eigenvalue weighted by Gasteiger charge is 2.20. The molecule has 0 aliphatic heterocycles. The van der Waals surface area contributed by atoms with E-state index in [-0.39, 0.29) is 0 Å². The quantitative estimate of drug-likeness (QED) is 0.386. The summed E-state index contributed by atoms with van der Waals surface area (Å²) in [6, 6.07) is 6.51. The molecule has 3 aromatic rings. The average molecular weight is 383 g/mol. The van der Waals surface area contributed by atoms with Crippen LogP contribution >= 0.6 is 11.6 Å². The van der Waals surface area contributed by atoms with Gasteiger partial charge in [0.25, 0.3) is 0 Å². The van der Waals surface area contributed by atoms with E-state index in [2.05, 4.69) is 96.7 Å². The second kappa shape index (κ2) is 8.03. The second-order valence-corrected chi connectivity index (χ2v) is 9.05. The Labute approximate surface area is 189 Å². The van der Waals surface area contributed by atoms with Crippen molar-refractivity contribution in [2.24, 2.45) is 0 Å². The maximum absolute atomic E-state index is 7.15. The lowest BCUT2D eigenvalue weighted by molar-refractivity contribution is 1.67. The first-order valence-electron chi connectivity index (χ1n) is 10.4. The summed E-state index contributed by atoms with van der Waals surface area (Å²) < 4.78 is 0. The van der Waals surface area contributed by atoms with Gasteiger partial charge in [-0.2, -0.15) is 0 Å². The smallest absolute Gasteiger partial charge is 0.102 e. The third-order valence-corrected chi connectivity index (χ3v) is 7.94. The second-order valence-electron chi connectivity index (χ2n) is 8.67. The molecule has 132 valence electrons. The molecule has 0 bridgehead atoms. The predicted octanol–water partition coefficient (Wildman–Crippen LogP) is -11.7. The molecule has 0 fully saturated rings. The normalized spacial score (nSPS) is 10.9. The largest absolute Gasteiger partial charge is 0.139 e. The van der Waals surface area contributed by atoms with E-state index in [0.29, 0.717) is 0 Å². The Morgan fingerprint density at radius 3 is 0.931 bits per heavy atom. The van der Waals surface area contributed by atoms with Crippen molar-refractivity contribution < 1.29 is 0 Å². The van der Waals surface area contributed by atoms with Crippen molar-refractivity contribution in [2.75, 3.05) is 0 Å². The summed E-state index contributed by atoms with van der Waals surface area (Å²) in [5.41, 5.74) is 18.4. The lowest BCUT2D eigenvalue weighted by Gasteiger charge is -2.24. The van der Waals surface area contributed by atoms with Gasteiger partial charge >= 0.3 is 0 Å². The summed E-state index contributed by atoms with van der Waals surface area (Å²) in [7, 11) is 22.2. The average Bonchev–Trinajstić information content (AvgIpc) is 2.70. The van der Waals surface area contributed by atoms with Crippen molar-refractivity contribution >= 4 is 145 Å². The molecule has 0 amide bonds. The SMILES string of the molecule is Bc1c(B)c(B)c(-c2cccc(-c3c(B)c(B)c(B)c(B)c3B)c2Cl)c(B)c1B. The summed E-state index contributed by atoms with van der Waals surface area (Å²) in [5.74, 6) is 0. The van der Waals surface area contributed by atoms with Gasteiger partial charge in [0.2, 0.25) is 0 Å². The molecule has 0 heterocycles. The monoisotopic (exact) mass is 384 g/mol. The van der Waals surface area contributed by atoms with Crippen LogP contribution in [-0.2, 0) is 0 Å². The molecule has 29 heavy (non-hydrogen) atoms. The molecule has 3 aromatic carbocycles. The highest BCUT2D eigenvalue weighted by Crippen LogP contribution is 2.33. The van der Waals surface area contributed by atoms with Crippen LogP contribution in [0.2, 0.25) is 5.02 Å². The molecule has 0 N–H and O–H groups in total. The van der Waals surface area contributed by atoms with Crippen molar-refractivity contribution in [3.05, 3.63) is 23.2 Å². The number of hydrogen-bond acceptors (Lipinski definition) is 0. The first kappa shape index (κ1) is 22.3. The van der Waals surface area contributed by atoms with Crippen LogP contribution in [-0.4, -0.2) is 78.5 Å². The van der Waals surface area contributed by atoms with Gasteiger partial charge in [0, 0.05) is 0 Å². The van der Waals surface area contributed by atoms with Crippen LogP contribution in [0.25, 0.3) is 22.3 Å². The van der Waals surface area contributed by atoms with Crippen LogP contribution in [0, 0.1) is 0 Å². The van der Waals surface area contributed by atoms with Crippen LogP contribution in [0.1, 0.15) is 0 Å². The van der Waals surface area contributed by atoms with E-state index in [1.54, 1.807) is 0 Å². The molecule has 0 aliphatic rings. The highest BCUT2D eigenvalue weighted by molar-refractivity contribution is 6.70. The van der Waals surface area contributed by atoms with Gasteiger partial charge in [0.1, 0.15) is 78.5 Å². The van der Waals surface area contributed by atoms with Gasteiger partial charge in [-0.25, -0.2) is 0 Å². The third-order valence-electron chi connectivity index (χ3n) is 7.54. The van der Waals surface area contributed by atoms with Crippen molar-refractivity contribution in [1.29, 1.82) is 0 Å². The van der Waals surface area contributed by atoms with E-state index >= 15 is 0 Å². The summed E-state index contributed by atoms with van der Waals surface area (Å²) in [5, 5.41) is 0.857. The zero-order valence-electron chi connectivity index (χ0n) is 19.6. The molecule has 3 rings (SSSR count). The highest BCUT2D eigenvalue weighted by atomic mass is 35.5. The molecule has 0 radical (unpaired) electrons. The molecule has 0 atom stereocenters. The predicted molar refractivity (Wildman–Crippen MR) is 164 cm³/mol. The number of rotatable bonds is 2. The first-order valence-corrected chi connectivity index (χ1v) is 10.8. The van der Waals surface area contributed by atoms with E-state index in [1.165, 1.54) is 65.8 Å². The number of halogens is 1. The Morgan fingerprint density at radius 1 is 0.414 bits per heavy atom. The van der Waals surface area contributed by atoms with Gasteiger partial charge in [-0.1, -0.05) is 51.7 Å². The Bertz CT molecular complexity index is 1030. The molecular formula is C18H23B10Cl. The van der Waals surface area contributed by atoms with Crippen molar-refractivity contribution in [3.8, 4) is 22.3 Å². The fourth-order valence-corrected chi connectivity index (χ4v) is 5.04. The third kappa shape index (κ3) is 3.42. The molecule has 0 spiro atoms. The molecular weight excluding hydrogens is 360 g/mol. The van der Waals surface area contributed by atoms with E-state index < -0.39 is 0 Å². The Morgan fingerprint density at radius 2 is 0.655 bits per heavy atom. The minimum Gasteiger partial charge on any atom is -0.102 e. The van der Waals surface area contributed by atoms with Gasteiger partial charge in [0.15, 0.2) is 0 Å². The summed E-state index contributed by atoms with van der Waals surface area (Å²) in [4.78, 5) is 0. The fraction of sp³-hybridized carbons (Fsp3) is 0. The van der Waals surface area contributed by atoms with Crippen LogP contribution in [0.15, 0.2) is 18.2 Å². The zero-order valence-corrected chi connectivity index (χ0v) is 20.4. The van der Waals surface area contributed by atoms with Crippen molar-refractivity contribution in [3.63, 3.8) is 0 Å². The lowest BCUT2D eigenvalue weighted by Crippen LogP contribution is -2.55. The maximum Gasteiger partial charge on any atom is 0.139 e. The topological polar surface area (TPSA) is 0 Å². The minimum atomic E-state index is 0.857. The molecule has 11 heteroatoms. The molecule has 0 unspecified atom stereocenters. The number of hydrogen-bond donors (Lipinski definition) is 0. The van der Waals surface area contributed by atoms with E-state index in [4.69, 9.17) is 11.6 Å². The van der Waals surface area contributed by atoms with Crippen molar-refractivity contribution in [1.82, 2.24) is 0 Å². The van der Waals surface area contributed by atoms with Gasteiger partial charge in [-0.05, 0) is 22.3 Å². The van der Waals surface area contributed by atoms with Crippen LogP contribution < -0.4 is 54.6 Å². The summed E-state index contributed by atoms with van der Waals surface area (Å²) in [6.07, 6.45) is 0. The number of benzene rings is 3. The zero-order chi connectivity index (χ0) is 21.8. The Hall–Kier alpha value is -1.40.